The van der Waals surface area contributed by atoms with Crippen molar-refractivity contribution >= 4 is 16.8 Å². The van der Waals surface area contributed by atoms with Crippen molar-refractivity contribution in [2.45, 2.75) is 39.0 Å². The van der Waals surface area contributed by atoms with E-state index >= 15 is 0 Å². The molecule has 4 rings (SSSR count). The van der Waals surface area contributed by atoms with Crippen molar-refractivity contribution in [3.63, 3.8) is 0 Å². The molecule has 0 spiro atoms. The van der Waals surface area contributed by atoms with Gasteiger partial charge in [0.1, 0.15) is 17.6 Å². The van der Waals surface area contributed by atoms with E-state index in [9.17, 15) is 4.79 Å². The molecule has 7 nitrogen and oxygen atoms in total. The predicted octanol–water partition coefficient (Wildman–Crippen LogP) is 2.35. The third-order valence-electron chi connectivity index (χ3n) is 4.64. The van der Waals surface area contributed by atoms with Crippen molar-refractivity contribution in [2.24, 2.45) is 0 Å². The molecule has 0 bridgehead atoms. The van der Waals surface area contributed by atoms with E-state index in [0.29, 0.717) is 18.1 Å². The van der Waals surface area contributed by atoms with Crippen LogP contribution in [0.4, 0.5) is 0 Å². The first-order valence-corrected chi connectivity index (χ1v) is 8.57. The van der Waals surface area contributed by atoms with Gasteiger partial charge in [-0.05, 0) is 32.4 Å². The van der Waals surface area contributed by atoms with E-state index in [2.05, 4.69) is 20.5 Å². The van der Waals surface area contributed by atoms with E-state index in [-0.39, 0.29) is 18.1 Å². The molecule has 1 aliphatic rings. The summed E-state index contributed by atoms with van der Waals surface area (Å²) in [6.07, 6.45) is 0.435. The Labute approximate surface area is 145 Å². The molecule has 1 fully saturated rings. The summed E-state index contributed by atoms with van der Waals surface area (Å²) < 4.78 is 7.78. The molecule has 25 heavy (non-hydrogen) atoms. The third-order valence-corrected chi connectivity index (χ3v) is 4.64. The van der Waals surface area contributed by atoms with Crippen LogP contribution in [-0.2, 0) is 11.3 Å². The second-order valence-corrected chi connectivity index (χ2v) is 6.27. The number of carbonyl (C=O) groups is 1. The number of aromatic nitrogens is 4. The number of aryl methyl sites for hydroxylation is 2. The number of rotatable bonds is 4. The highest BCUT2D eigenvalue weighted by Gasteiger charge is 2.34. The van der Waals surface area contributed by atoms with Gasteiger partial charge in [0.15, 0.2) is 5.82 Å². The van der Waals surface area contributed by atoms with Crippen LogP contribution >= 0.6 is 0 Å². The first-order valence-electron chi connectivity index (χ1n) is 8.57. The molecule has 1 aliphatic heterocycles. The van der Waals surface area contributed by atoms with E-state index in [1.807, 2.05) is 48.7 Å². The zero-order chi connectivity index (χ0) is 17.4. The van der Waals surface area contributed by atoms with Gasteiger partial charge in [-0.15, -0.1) is 0 Å². The lowest BCUT2D eigenvalue weighted by Crippen LogP contribution is -2.38. The summed E-state index contributed by atoms with van der Waals surface area (Å²) >= 11 is 0. The zero-order valence-electron chi connectivity index (χ0n) is 14.3. The number of para-hydroxylation sites is 1. The molecule has 2 atom stereocenters. The number of benzene rings is 1. The highest BCUT2D eigenvalue weighted by Crippen LogP contribution is 2.27. The Morgan fingerprint density at radius 3 is 3.04 bits per heavy atom. The summed E-state index contributed by atoms with van der Waals surface area (Å²) in [5.74, 6) is 1.24. The zero-order valence-corrected chi connectivity index (χ0v) is 14.3. The van der Waals surface area contributed by atoms with E-state index in [0.717, 1.165) is 29.7 Å². The Hall–Kier alpha value is -2.67. The van der Waals surface area contributed by atoms with E-state index in [1.54, 1.807) is 0 Å². The number of fused-ring (bicyclic) bond motifs is 1. The first kappa shape index (κ1) is 15.8. The fourth-order valence-electron chi connectivity index (χ4n) is 3.46. The average molecular weight is 339 g/mol. The van der Waals surface area contributed by atoms with Crippen molar-refractivity contribution in [1.82, 2.24) is 25.1 Å². The third kappa shape index (κ3) is 2.80. The van der Waals surface area contributed by atoms with Crippen LogP contribution in [0.25, 0.3) is 10.9 Å². The lowest BCUT2D eigenvalue weighted by Gasteiger charge is -2.18. The van der Waals surface area contributed by atoms with Crippen molar-refractivity contribution < 1.29 is 9.53 Å². The lowest BCUT2D eigenvalue weighted by atomic mass is 10.1. The maximum absolute atomic E-state index is 12.9. The smallest absolute Gasteiger partial charge is 0.268 e. The minimum Gasteiger partial charge on any atom is -0.368 e. The second-order valence-electron chi connectivity index (χ2n) is 6.27. The number of amides is 1. The van der Waals surface area contributed by atoms with E-state index in [4.69, 9.17) is 4.74 Å². The molecule has 7 heteroatoms. The van der Waals surface area contributed by atoms with Crippen LogP contribution in [0.2, 0.25) is 0 Å². The van der Waals surface area contributed by atoms with Gasteiger partial charge in [-0.25, -0.2) is 4.98 Å². The molecule has 0 unspecified atom stereocenters. The summed E-state index contributed by atoms with van der Waals surface area (Å²) in [6, 6.07) is 9.84. The number of hydrogen-bond donors (Lipinski definition) is 2. The molecular weight excluding hydrogens is 318 g/mol. The van der Waals surface area contributed by atoms with Crippen LogP contribution < -0.4 is 5.32 Å². The summed E-state index contributed by atoms with van der Waals surface area (Å²) in [5.41, 5.74) is 1.74. The van der Waals surface area contributed by atoms with E-state index in [1.165, 1.54) is 0 Å². The van der Waals surface area contributed by atoms with Crippen molar-refractivity contribution in [1.29, 1.82) is 0 Å². The standard InChI is InChI=1S/C18H21N5O2/c1-3-23-14-7-5-4-6-12(14)10-15(23)18(24)20-13-8-9-25-16(13)17-19-11(2)21-22-17/h4-7,10,13,16H,3,8-9H2,1-2H3,(H,20,24)(H,19,21,22)/t13-,16+/m0/s1. The van der Waals surface area contributed by atoms with Gasteiger partial charge in [0.05, 0.1) is 6.04 Å². The van der Waals surface area contributed by atoms with Crippen molar-refractivity contribution in [2.75, 3.05) is 6.61 Å². The lowest BCUT2D eigenvalue weighted by molar-refractivity contribution is 0.0786. The molecule has 130 valence electrons. The van der Waals surface area contributed by atoms with Gasteiger partial charge < -0.3 is 14.6 Å². The molecule has 1 aromatic carbocycles. The number of nitrogens with one attached hydrogen (secondary N) is 2. The number of H-pyrrole nitrogens is 1. The Morgan fingerprint density at radius 1 is 1.44 bits per heavy atom. The summed E-state index contributed by atoms with van der Waals surface area (Å²) in [5, 5.41) is 11.2. The van der Waals surface area contributed by atoms with Crippen molar-refractivity contribution in [3.8, 4) is 0 Å². The average Bonchev–Trinajstić information content (AvgIpc) is 3.32. The number of nitrogens with zero attached hydrogens (tertiary/aromatic N) is 3. The molecule has 3 aromatic rings. The molecule has 1 amide bonds. The Balaban J connectivity index is 1.59. The molecule has 2 N–H and O–H groups in total. The van der Waals surface area contributed by atoms with Gasteiger partial charge in [0.25, 0.3) is 5.91 Å². The number of aromatic amines is 1. The molecule has 3 heterocycles. The maximum atomic E-state index is 12.9. The van der Waals surface area contributed by atoms with Crippen molar-refractivity contribution in [3.05, 3.63) is 47.7 Å². The minimum absolute atomic E-state index is 0.0918. The SMILES string of the molecule is CCn1c(C(=O)N[C@H]2CCO[C@H]2c2n[nH]c(C)n2)cc2ccccc21. The Bertz CT molecular complexity index is 913. The summed E-state index contributed by atoms with van der Waals surface area (Å²) in [4.78, 5) is 17.2. The Kier molecular flexibility index (Phi) is 4.01. The Morgan fingerprint density at radius 2 is 2.28 bits per heavy atom. The summed E-state index contributed by atoms with van der Waals surface area (Å²) in [6.45, 7) is 5.21. The molecule has 0 saturated carbocycles. The van der Waals surface area contributed by atoms with Gasteiger partial charge in [-0.1, -0.05) is 18.2 Å². The highest BCUT2D eigenvalue weighted by atomic mass is 16.5. The van der Waals surface area contributed by atoms with Gasteiger partial charge in [-0.2, -0.15) is 5.10 Å². The van der Waals surface area contributed by atoms with Crippen LogP contribution in [0.5, 0.6) is 0 Å². The quantitative estimate of drug-likeness (QED) is 0.764. The maximum Gasteiger partial charge on any atom is 0.268 e. The normalized spacial score (nSPS) is 20.2. The fourth-order valence-corrected chi connectivity index (χ4v) is 3.46. The second kappa shape index (κ2) is 6.33. The molecular formula is C18H21N5O2. The molecule has 1 saturated heterocycles. The number of carbonyl (C=O) groups excluding carboxylic acids is 1. The fraction of sp³-hybridized carbons (Fsp3) is 0.389. The van der Waals surface area contributed by atoms with Crippen LogP contribution in [0, 0.1) is 6.92 Å². The van der Waals surface area contributed by atoms with Gasteiger partial charge in [0, 0.05) is 24.1 Å². The number of ether oxygens (including phenoxy) is 1. The van der Waals surface area contributed by atoms with Crippen LogP contribution in [0.1, 0.15) is 41.6 Å². The van der Waals surface area contributed by atoms with Gasteiger partial charge in [0.2, 0.25) is 0 Å². The van der Waals surface area contributed by atoms with Crippen LogP contribution in [0.3, 0.4) is 0 Å². The number of hydrogen-bond acceptors (Lipinski definition) is 4. The largest absolute Gasteiger partial charge is 0.368 e. The highest BCUT2D eigenvalue weighted by molar-refractivity contribution is 5.99. The predicted molar refractivity (Wildman–Crippen MR) is 93.3 cm³/mol. The molecule has 2 aromatic heterocycles. The minimum atomic E-state index is -0.312. The van der Waals surface area contributed by atoms with Crippen LogP contribution in [0.15, 0.2) is 30.3 Å². The van der Waals surface area contributed by atoms with Gasteiger partial charge >= 0.3 is 0 Å². The monoisotopic (exact) mass is 339 g/mol. The van der Waals surface area contributed by atoms with E-state index < -0.39 is 0 Å². The van der Waals surface area contributed by atoms with Gasteiger partial charge in [-0.3, -0.25) is 9.89 Å². The first-order chi connectivity index (χ1) is 12.2. The summed E-state index contributed by atoms with van der Waals surface area (Å²) in [7, 11) is 0. The van der Waals surface area contributed by atoms with Crippen LogP contribution in [-0.4, -0.2) is 38.3 Å². The molecule has 0 radical (unpaired) electrons. The molecule has 0 aliphatic carbocycles. The topological polar surface area (TPSA) is 84.8 Å².